The Morgan fingerprint density at radius 2 is 2.18 bits per heavy atom. The van der Waals surface area contributed by atoms with E-state index in [2.05, 4.69) is 10.6 Å². The predicted octanol–water partition coefficient (Wildman–Crippen LogP) is 0.847. The van der Waals surface area contributed by atoms with Gasteiger partial charge in [-0.05, 0) is 31.4 Å². The van der Waals surface area contributed by atoms with Gasteiger partial charge < -0.3 is 25.0 Å². The molecule has 2 aliphatic heterocycles. The van der Waals surface area contributed by atoms with Gasteiger partial charge in [0.25, 0.3) is 5.91 Å². The van der Waals surface area contributed by atoms with E-state index in [0.717, 1.165) is 12.8 Å². The predicted molar refractivity (Wildman–Crippen MR) is 100 cm³/mol. The number of nitrogens with one attached hydrogen (secondary N) is 2. The van der Waals surface area contributed by atoms with Crippen LogP contribution in [-0.4, -0.2) is 61.0 Å². The number of likely N-dealkylation sites (tertiary alicyclic amines) is 1. The maximum Gasteiger partial charge on any atom is 0.255 e. The van der Waals surface area contributed by atoms with Crippen LogP contribution in [0.3, 0.4) is 0 Å². The molecule has 1 saturated heterocycles. The van der Waals surface area contributed by atoms with E-state index in [1.165, 1.54) is 0 Å². The number of hydrogen-bond acceptors (Lipinski definition) is 5. The number of nitrogens with zero attached hydrogens (tertiary/aromatic N) is 1. The van der Waals surface area contributed by atoms with Crippen molar-refractivity contribution in [2.45, 2.75) is 43.7 Å². The van der Waals surface area contributed by atoms with E-state index in [1.54, 1.807) is 30.2 Å². The van der Waals surface area contributed by atoms with E-state index < -0.39 is 5.60 Å². The van der Waals surface area contributed by atoms with Gasteiger partial charge in [0.1, 0.15) is 17.1 Å². The van der Waals surface area contributed by atoms with E-state index in [1.807, 2.05) is 0 Å². The summed E-state index contributed by atoms with van der Waals surface area (Å²) in [7, 11) is 1.56. The molecule has 1 aliphatic carbocycles. The first-order valence-electron chi connectivity index (χ1n) is 9.70. The van der Waals surface area contributed by atoms with Gasteiger partial charge in [0.05, 0.1) is 25.8 Å². The molecule has 3 aliphatic rings. The summed E-state index contributed by atoms with van der Waals surface area (Å²) in [6, 6.07) is 5.37. The van der Waals surface area contributed by atoms with E-state index in [4.69, 9.17) is 9.47 Å². The summed E-state index contributed by atoms with van der Waals surface area (Å²) in [5.74, 6) is 0.684. The van der Waals surface area contributed by atoms with Crippen molar-refractivity contribution in [2.24, 2.45) is 0 Å². The number of methoxy groups -OCH3 is 1. The molecule has 1 unspecified atom stereocenters. The zero-order chi connectivity index (χ0) is 19.7. The minimum absolute atomic E-state index is 0.0622. The topological polar surface area (TPSA) is 97.0 Å². The highest BCUT2D eigenvalue weighted by Gasteiger charge is 2.41. The summed E-state index contributed by atoms with van der Waals surface area (Å²) < 4.78 is 11.6. The van der Waals surface area contributed by atoms with E-state index >= 15 is 0 Å². The van der Waals surface area contributed by atoms with Crippen LogP contribution in [0, 0.1) is 0 Å². The normalized spacial score (nSPS) is 24.5. The molecule has 2 heterocycles. The lowest BCUT2D eigenvalue weighted by molar-refractivity contribution is -0.135. The average molecular weight is 387 g/mol. The first-order chi connectivity index (χ1) is 13.5. The van der Waals surface area contributed by atoms with Crippen LogP contribution in [0.5, 0.6) is 11.5 Å². The molecular formula is C20H25N3O5. The van der Waals surface area contributed by atoms with Crippen LogP contribution in [0.15, 0.2) is 18.2 Å². The SMILES string of the molecule is COc1ccc2c(c1)OC1(CCC(=O)N(CC(=O)NC3CC3)CC1)CNC2=O. The highest BCUT2D eigenvalue weighted by molar-refractivity contribution is 5.97. The van der Waals surface area contributed by atoms with Crippen molar-refractivity contribution in [3.8, 4) is 11.5 Å². The monoisotopic (exact) mass is 387 g/mol. The largest absolute Gasteiger partial charge is 0.497 e. The summed E-state index contributed by atoms with van der Waals surface area (Å²) >= 11 is 0. The van der Waals surface area contributed by atoms with E-state index in [-0.39, 0.29) is 36.7 Å². The summed E-state index contributed by atoms with van der Waals surface area (Å²) in [4.78, 5) is 38.7. The maximum absolute atomic E-state index is 12.6. The summed E-state index contributed by atoms with van der Waals surface area (Å²) in [5.41, 5.74) is -0.237. The second-order valence-corrected chi connectivity index (χ2v) is 7.74. The lowest BCUT2D eigenvalue weighted by Gasteiger charge is -2.32. The third-order valence-corrected chi connectivity index (χ3v) is 5.59. The second-order valence-electron chi connectivity index (χ2n) is 7.74. The number of rotatable bonds is 4. The number of amides is 3. The third-order valence-electron chi connectivity index (χ3n) is 5.59. The molecule has 3 amide bonds. The third kappa shape index (κ3) is 3.90. The van der Waals surface area contributed by atoms with Gasteiger partial charge in [-0.2, -0.15) is 0 Å². The number of carbonyl (C=O) groups is 3. The minimum atomic E-state index is -0.690. The standard InChI is InChI=1S/C20H25N3O5/c1-27-14-4-5-15-16(10-14)28-20(12-21-19(15)26)7-6-18(25)23(9-8-20)11-17(24)22-13-2-3-13/h4-5,10,13H,2-3,6-9,11-12H2,1H3,(H,21,26)(H,22,24). The average Bonchev–Trinajstić information content (AvgIpc) is 3.52. The molecule has 8 heteroatoms. The van der Waals surface area contributed by atoms with Crippen LogP contribution in [-0.2, 0) is 9.59 Å². The number of hydrogen-bond donors (Lipinski definition) is 2. The first-order valence-corrected chi connectivity index (χ1v) is 9.70. The molecule has 1 aromatic carbocycles. The van der Waals surface area contributed by atoms with Crippen molar-refractivity contribution in [1.82, 2.24) is 15.5 Å². The van der Waals surface area contributed by atoms with Gasteiger partial charge in [-0.3, -0.25) is 14.4 Å². The Labute approximate surface area is 163 Å². The number of carbonyl (C=O) groups excluding carboxylic acids is 3. The Bertz CT molecular complexity index is 807. The summed E-state index contributed by atoms with van der Waals surface area (Å²) in [6.07, 6.45) is 3.31. The van der Waals surface area contributed by atoms with Crippen molar-refractivity contribution < 1.29 is 23.9 Å². The minimum Gasteiger partial charge on any atom is -0.497 e. The van der Waals surface area contributed by atoms with Gasteiger partial charge >= 0.3 is 0 Å². The molecule has 1 spiro atoms. The van der Waals surface area contributed by atoms with Gasteiger partial charge in [-0.25, -0.2) is 0 Å². The number of fused-ring (bicyclic) bond motifs is 1. The van der Waals surface area contributed by atoms with Crippen LogP contribution in [0.1, 0.15) is 42.5 Å². The lowest BCUT2D eigenvalue weighted by Crippen LogP contribution is -2.46. The molecule has 28 heavy (non-hydrogen) atoms. The quantitative estimate of drug-likeness (QED) is 0.798. The molecule has 2 N–H and O–H groups in total. The lowest BCUT2D eigenvalue weighted by atomic mass is 9.94. The first kappa shape index (κ1) is 18.6. The van der Waals surface area contributed by atoms with Gasteiger partial charge in [0.2, 0.25) is 11.8 Å². The Hall–Kier alpha value is -2.77. The maximum atomic E-state index is 12.6. The van der Waals surface area contributed by atoms with Gasteiger partial charge in [-0.1, -0.05) is 0 Å². The van der Waals surface area contributed by atoms with E-state index in [0.29, 0.717) is 43.0 Å². The fourth-order valence-electron chi connectivity index (χ4n) is 3.71. The Morgan fingerprint density at radius 1 is 1.36 bits per heavy atom. The van der Waals surface area contributed by atoms with Gasteiger partial charge in [-0.15, -0.1) is 0 Å². The van der Waals surface area contributed by atoms with Crippen LogP contribution in [0.2, 0.25) is 0 Å². The molecule has 150 valence electrons. The van der Waals surface area contributed by atoms with Crippen molar-refractivity contribution in [2.75, 3.05) is 26.7 Å². The zero-order valence-electron chi connectivity index (χ0n) is 16.0. The molecule has 1 atom stereocenters. The number of benzene rings is 1. The van der Waals surface area contributed by atoms with Crippen molar-refractivity contribution in [1.29, 1.82) is 0 Å². The molecule has 8 nitrogen and oxygen atoms in total. The molecular weight excluding hydrogens is 362 g/mol. The molecule has 0 aromatic heterocycles. The Morgan fingerprint density at radius 3 is 2.93 bits per heavy atom. The zero-order valence-corrected chi connectivity index (χ0v) is 16.0. The summed E-state index contributed by atoms with van der Waals surface area (Å²) in [6.45, 7) is 0.798. The van der Waals surface area contributed by atoms with Crippen LogP contribution < -0.4 is 20.1 Å². The molecule has 2 fully saturated rings. The van der Waals surface area contributed by atoms with Crippen LogP contribution >= 0.6 is 0 Å². The van der Waals surface area contributed by atoms with Crippen LogP contribution in [0.25, 0.3) is 0 Å². The molecule has 4 rings (SSSR count). The highest BCUT2D eigenvalue weighted by atomic mass is 16.5. The van der Waals surface area contributed by atoms with Crippen molar-refractivity contribution >= 4 is 17.7 Å². The van der Waals surface area contributed by atoms with Gasteiger partial charge in [0.15, 0.2) is 0 Å². The number of ether oxygens (including phenoxy) is 2. The smallest absolute Gasteiger partial charge is 0.255 e. The molecule has 1 aromatic rings. The molecule has 0 radical (unpaired) electrons. The van der Waals surface area contributed by atoms with Crippen molar-refractivity contribution in [3.63, 3.8) is 0 Å². The van der Waals surface area contributed by atoms with Gasteiger partial charge in [0, 0.05) is 31.5 Å². The summed E-state index contributed by atoms with van der Waals surface area (Å²) in [5, 5.41) is 5.84. The van der Waals surface area contributed by atoms with Crippen LogP contribution in [0.4, 0.5) is 0 Å². The molecule has 0 bridgehead atoms. The van der Waals surface area contributed by atoms with E-state index in [9.17, 15) is 14.4 Å². The Kier molecular flexibility index (Phi) is 4.87. The fourth-order valence-corrected chi connectivity index (χ4v) is 3.71. The Balaban J connectivity index is 1.50. The molecule has 1 saturated carbocycles. The highest BCUT2D eigenvalue weighted by Crippen LogP contribution is 2.35. The van der Waals surface area contributed by atoms with Crippen molar-refractivity contribution in [3.05, 3.63) is 23.8 Å². The fraction of sp³-hybridized carbons (Fsp3) is 0.550. The second kappa shape index (κ2) is 7.33.